The number of nitrogen functional groups attached to an aromatic ring is 1. The Balaban J connectivity index is 3.46. The van der Waals surface area contributed by atoms with Gasteiger partial charge in [0.2, 0.25) is 0 Å². The van der Waals surface area contributed by atoms with E-state index in [2.05, 4.69) is 4.98 Å². The van der Waals surface area contributed by atoms with Crippen molar-refractivity contribution in [2.45, 2.75) is 6.43 Å². The van der Waals surface area contributed by atoms with Gasteiger partial charge in [-0.25, -0.2) is 13.8 Å². The first-order valence-corrected chi connectivity index (χ1v) is 3.75. The van der Waals surface area contributed by atoms with E-state index in [9.17, 15) is 13.6 Å². The number of halogens is 2. The molecule has 4 N–H and O–H groups in total. The van der Waals surface area contributed by atoms with Crippen molar-refractivity contribution in [3.05, 3.63) is 23.0 Å². The molecule has 0 aromatic carbocycles. The Kier molecular flexibility index (Phi) is 2.80. The molecule has 0 bridgehead atoms. The van der Waals surface area contributed by atoms with E-state index in [4.69, 9.17) is 16.7 Å². The quantitative estimate of drug-likeness (QED) is 0.747. The molecular weight excluding hydrogens is 206 g/mol. The Morgan fingerprint density at radius 1 is 1.60 bits per heavy atom. The minimum atomic E-state index is -2.92. The van der Waals surface area contributed by atoms with Crippen LogP contribution in [0, 0.1) is 11.3 Å². The average Bonchev–Trinajstić information content (AvgIpc) is 2.15. The first-order valence-electron chi connectivity index (χ1n) is 3.75. The molecule has 0 atom stereocenters. The molecule has 1 rings (SSSR count). The normalized spacial score (nSPS) is 10.0. The predicted molar refractivity (Wildman–Crippen MR) is 46.8 cm³/mol. The zero-order chi connectivity index (χ0) is 11.6. The van der Waals surface area contributed by atoms with E-state index < -0.39 is 23.6 Å². The van der Waals surface area contributed by atoms with Crippen LogP contribution >= 0.6 is 0 Å². The lowest BCUT2D eigenvalue weighted by atomic mass is 10.1. The third kappa shape index (κ3) is 1.99. The molecule has 0 aliphatic heterocycles. The van der Waals surface area contributed by atoms with Crippen LogP contribution in [-0.2, 0) is 0 Å². The molecule has 0 fully saturated rings. The van der Waals surface area contributed by atoms with Gasteiger partial charge in [0.15, 0.2) is 5.69 Å². The smallest absolute Gasteiger partial charge is 0.268 e. The standard InChI is InChI=1S/C8H6F2N4O/c9-7(10)6-3(12)1-4(8(13)15)14-5(6)2-11/h1,7H,(H2,12,14)(H2,13,15). The van der Waals surface area contributed by atoms with E-state index in [0.29, 0.717) is 0 Å². The van der Waals surface area contributed by atoms with Gasteiger partial charge in [-0.05, 0) is 6.07 Å². The van der Waals surface area contributed by atoms with Crippen LogP contribution in [-0.4, -0.2) is 10.9 Å². The maximum Gasteiger partial charge on any atom is 0.268 e. The van der Waals surface area contributed by atoms with Crippen molar-refractivity contribution >= 4 is 11.6 Å². The van der Waals surface area contributed by atoms with Crippen molar-refractivity contribution in [3.63, 3.8) is 0 Å². The van der Waals surface area contributed by atoms with Crippen molar-refractivity contribution in [1.29, 1.82) is 5.26 Å². The van der Waals surface area contributed by atoms with Gasteiger partial charge >= 0.3 is 0 Å². The molecule has 0 unspecified atom stereocenters. The second kappa shape index (κ2) is 3.88. The van der Waals surface area contributed by atoms with E-state index >= 15 is 0 Å². The molecule has 5 nitrogen and oxygen atoms in total. The van der Waals surface area contributed by atoms with Crippen LogP contribution in [0.25, 0.3) is 0 Å². The molecule has 1 amide bonds. The number of hydrogen-bond acceptors (Lipinski definition) is 4. The molecule has 0 spiro atoms. The van der Waals surface area contributed by atoms with Crippen LogP contribution < -0.4 is 11.5 Å². The number of nitrogens with two attached hydrogens (primary N) is 2. The van der Waals surface area contributed by atoms with Gasteiger partial charge in [-0.2, -0.15) is 5.26 Å². The van der Waals surface area contributed by atoms with Gasteiger partial charge in [0.1, 0.15) is 11.8 Å². The topological polar surface area (TPSA) is 106 Å². The molecule has 0 saturated carbocycles. The Hall–Kier alpha value is -2.23. The summed E-state index contributed by atoms with van der Waals surface area (Å²) in [4.78, 5) is 14.1. The summed E-state index contributed by atoms with van der Waals surface area (Å²) in [6, 6.07) is 2.36. The maximum atomic E-state index is 12.4. The van der Waals surface area contributed by atoms with Gasteiger partial charge in [-0.15, -0.1) is 0 Å². The number of nitriles is 1. The number of hydrogen-bond donors (Lipinski definition) is 2. The summed E-state index contributed by atoms with van der Waals surface area (Å²) < 4.78 is 24.8. The van der Waals surface area contributed by atoms with Crippen molar-refractivity contribution in [2.75, 3.05) is 5.73 Å². The molecule has 1 aromatic rings. The van der Waals surface area contributed by atoms with Crippen molar-refractivity contribution < 1.29 is 13.6 Å². The van der Waals surface area contributed by atoms with Gasteiger partial charge in [-0.1, -0.05) is 0 Å². The fourth-order valence-corrected chi connectivity index (χ4v) is 1.02. The third-order valence-corrected chi connectivity index (χ3v) is 1.67. The molecule has 15 heavy (non-hydrogen) atoms. The van der Waals surface area contributed by atoms with Crippen molar-refractivity contribution in [2.24, 2.45) is 5.73 Å². The fourth-order valence-electron chi connectivity index (χ4n) is 1.02. The SMILES string of the molecule is N#Cc1nc(C(N)=O)cc(N)c1C(F)F. The monoisotopic (exact) mass is 212 g/mol. The molecule has 0 aliphatic rings. The van der Waals surface area contributed by atoms with E-state index in [1.807, 2.05) is 0 Å². The minimum absolute atomic E-state index is 0.312. The highest BCUT2D eigenvalue weighted by atomic mass is 19.3. The summed E-state index contributed by atoms with van der Waals surface area (Å²) in [6.07, 6.45) is -2.92. The number of amides is 1. The van der Waals surface area contributed by atoms with E-state index in [1.165, 1.54) is 6.07 Å². The molecule has 7 heteroatoms. The summed E-state index contributed by atoms with van der Waals surface area (Å²) in [7, 11) is 0. The fraction of sp³-hybridized carbons (Fsp3) is 0.125. The molecule has 1 heterocycles. The number of aromatic nitrogens is 1. The maximum absolute atomic E-state index is 12.4. The van der Waals surface area contributed by atoms with E-state index in [1.54, 1.807) is 0 Å². The van der Waals surface area contributed by atoms with Gasteiger partial charge in [0, 0.05) is 5.69 Å². The zero-order valence-corrected chi connectivity index (χ0v) is 7.37. The zero-order valence-electron chi connectivity index (χ0n) is 7.37. The number of anilines is 1. The molecule has 0 radical (unpaired) electrons. The molecule has 0 aliphatic carbocycles. The van der Waals surface area contributed by atoms with Crippen LogP contribution in [0.1, 0.15) is 28.2 Å². The summed E-state index contributed by atoms with van der Waals surface area (Å²) >= 11 is 0. The van der Waals surface area contributed by atoms with Crippen LogP contribution in [0.5, 0.6) is 0 Å². The van der Waals surface area contributed by atoms with Crippen LogP contribution in [0.3, 0.4) is 0 Å². The Morgan fingerprint density at radius 3 is 2.60 bits per heavy atom. The number of pyridine rings is 1. The number of carbonyl (C=O) groups is 1. The average molecular weight is 212 g/mol. The summed E-state index contributed by atoms with van der Waals surface area (Å²) in [5.41, 5.74) is 8.19. The highest BCUT2D eigenvalue weighted by molar-refractivity contribution is 5.92. The molecular formula is C8H6F2N4O. The Labute approximate surface area is 83.3 Å². The highest BCUT2D eigenvalue weighted by Gasteiger charge is 2.20. The van der Waals surface area contributed by atoms with Crippen molar-refractivity contribution in [1.82, 2.24) is 4.98 Å². The minimum Gasteiger partial charge on any atom is -0.398 e. The number of primary amides is 1. The van der Waals surface area contributed by atoms with E-state index in [0.717, 1.165) is 6.07 Å². The van der Waals surface area contributed by atoms with Crippen molar-refractivity contribution in [3.8, 4) is 6.07 Å². The number of alkyl halides is 2. The summed E-state index contributed by atoms with van der Waals surface area (Å²) in [5, 5.41) is 8.54. The lowest BCUT2D eigenvalue weighted by Gasteiger charge is -2.07. The molecule has 78 valence electrons. The third-order valence-electron chi connectivity index (χ3n) is 1.67. The summed E-state index contributed by atoms with van der Waals surface area (Å²) in [5.74, 6) is -0.931. The van der Waals surface area contributed by atoms with Crippen LogP contribution in [0.4, 0.5) is 14.5 Å². The number of rotatable bonds is 2. The van der Waals surface area contributed by atoms with Crippen LogP contribution in [0.2, 0.25) is 0 Å². The second-order valence-electron chi connectivity index (χ2n) is 2.64. The number of carbonyl (C=O) groups excluding carboxylic acids is 1. The highest BCUT2D eigenvalue weighted by Crippen LogP contribution is 2.27. The number of nitrogens with zero attached hydrogens (tertiary/aromatic N) is 2. The summed E-state index contributed by atoms with van der Waals surface area (Å²) in [6.45, 7) is 0. The van der Waals surface area contributed by atoms with Gasteiger partial charge in [-0.3, -0.25) is 4.79 Å². The first kappa shape index (κ1) is 10.8. The van der Waals surface area contributed by atoms with Crippen LogP contribution in [0.15, 0.2) is 6.07 Å². The first-order chi connectivity index (χ1) is 6.97. The van der Waals surface area contributed by atoms with Gasteiger partial charge in [0.25, 0.3) is 12.3 Å². The largest absolute Gasteiger partial charge is 0.398 e. The van der Waals surface area contributed by atoms with Gasteiger partial charge in [0.05, 0.1) is 5.56 Å². The lowest BCUT2D eigenvalue weighted by Crippen LogP contribution is -2.15. The molecule has 0 saturated heterocycles. The van der Waals surface area contributed by atoms with Gasteiger partial charge < -0.3 is 11.5 Å². The lowest BCUT2D eigenvalue weighted by molar-refractivity contribution is 0.0994. The van der Waals surface area contributed by atoms with E-state index in [-0.39, 0.29) is 11.4 Å². The Bertz CT molecular complexity index is 453. The molecule has 1 aromatic heterocycles. The predicted octanol–water partition coefficient (Wildman–Crippen LogP) is 0.572. The second-order valence-corrected chi connectivity index (χ2v) is 2.64. The Morgan fingerprint density at radius 2 is 2.20 bits per heavy atom.